The Hall–Kier alpha value is -3.14. The number of benzene rings is 1. The summed E-state index contributed by atoms with van der Waals surface area (Å²) in [6.07, 6.45) is 0.393. The first-order valence-electron chi connectivity index (χ1n) is 10.3. The molecule has 4 rings (SSSR count). The number of carbonyl (C=O) groups excluding carboxylic acids is 1. The van der Waals surface area contributed by atoms with Gasteiger partial charge in [-0.25, -0.2) is 9.07 Å². The third-order valence-corrected chi connectivity index (χ3v) is 5.83. The van der Waals surface area contributed by atoms with Crippen LogP contribution in [-0.2, 0) is 17.8 Å². The van der Waals surface area contributed by atoms with Gasteiger partial charge in [0.2, 0.25) is 5.91 Å². The van der Waals surface area contributed by atoms with Crippen LogP contribution in [0.25, 0.3) is 0 Å². The zero-order valence-electron chi connectivity index (χ0n) is 18.0. The van der Waals surface area contributed by atoms with Gasteiger partial charge in [-0.05, 0) is 48.9 Å². The number of nitrogens with zero attached hydrogens (tertiary/aromatic N) is 7. The number of rotatable bonds is 6. The summed E-state index contributed by atoms with van der Waals surface area (Å²) in [6, 6.07) is 5.61. The fraction of sp³-hybridized carbons (Fsp3) is 0.476. The van der Waals surface area contributed by atoms with E-state index in [2.05, 4.69) is 25.6 Å². The summed E-state index contributed by atoms with van der Waals surface area (Å²) in [7, 11) is 0. The number of aromatic nitrogens is 5. The van der Waals surface area contributed by atoms with Gasteiger partial charge in [0.25, 0.3) is 0 Å². The molecule has 9 nitrogen and oxygen atoms in total. The SMILES string of the molecule is Cc1noc(C)c1CN1CCN(C(=O)C(Cc2ccc(F)cc2)n2nnnc2C)CC1. The zero-order valence-corrected chi connectivity index (χ0v) is 18.0. The first kappa shape index (κ1) is 21.1. The van der Waals surface area contributed by atoms with Crippen molar-refractivity contribution < 1.29 is 13.7 Å². The minimum absolute atomic E-state index is 0.0308. The number of hydrogen-bond acceptors (Lipinski definition) is 7. The highest BCUT2D eigenvalue weighted by Crippen LogP contribution is 2.21. The highest BCUT2D eigenvalue weighted by molar-refractivity contribution is 5.81. The van der Waals surface area contributed by atoms with Gasteiger partial charge in [0.05, 0.1) is 5.69 Å². The van der Waals surface area contributed by atoms with E-state index in [4.69, 9.17) is 4.52 Å². The predicted octanol–water partition coefficient (Wildman–Crippen LogP) is 1.85. The lowest BCUT2D eigenvalue weighted by atomic mass is 10.0. The van der Waals surface area contributed by atoms with E-state index in [0.717, 1.165) is 42.2 Å². The van der Waals surface area contributed by atoms with Gasteiger partial charge in [-0.15, -0.1) is 5.10 Å². The van der Waals surface area contributed by atoms with Crippen molar-refractivity contribution in [3.8, 4) is 0 Å². The van der Waals surface area contributed by atoms with Crippen molar-refractivity contribution in [1.82, 2.24) is 35.2 Å². The lowest BCUT2D eigenvalue weighted by Gasteiger charge is -2.36. The van der Waals surface area contributed by atoms with Crippen LogP contribution in [0.2, 0.25) is 0 Å². The van der Waals surface area contributed by atoms with E-state index in [-0.39, 0.29) is 11.7 Å². The molecular weight excluding hydrogens is 401 g/mol. The van der Waals surface area contributed by atoms with E-state index in [1.54, 1.807) is 23.7 Å². The van der Waals surface area contributed by atoms with E-state index in [9.17, 15) is 9.18 Å². The van der Waals surface area contributed by atoms with Crippen molar-refractivity contribution in [2.24, 2.45) is 0 Å². The quantitative estimate of drug-likeness (QED) is 0.593. The van der Waals surface area contributed by atoms with E-state index in [0.29, 0.717) is 25.3 Å². The van der Waals surface area contributed by atoms with Crippen molar-refractivity contribution in [3.05, 3.63) is 58.5 Å². The van der Waals surface area contributed by atoms with Gasteiger partial charge in [-0.2, -0.15) is 0 Å². The maximum absolute atomic E-state index is 13.4. The number of amides is 1. The van der Waals surface area contributed by atoms with Crippen molar-refractivity contribution in [3.63, 3.8) is 0 Å². The average Bonchev–Trinajstić information content (AvgIpc) is 3.33. The first-order chi connectivity index (χ1) is 14.9. The molecule has 1 atom stereocenters. The van der Waals surface area contributed by atoms with Crippen LogP contribution in [0.3, 0.4) is 0 Å². The molecule has 0 aliphatic carbocycles. The van der Waals surface area contributed by atoms with Gasteiger partial charge in [0.1, 0.15) is 23.4 Å². The molecule has 164 valence electrons. The summed E-state index contributed by atoms with van der Waals surface area (Å²) in [5.74, 6) is 1.07. The fourth-order valence-corrected chi connectivity index (χ4v) is 3.94. The molecule has 1 saturated heterocycles. The number of piperazine rings is 1. The van der Waals surface area contributed by atoms with Crippen LogP contribution in [0, 0.1) is 26.6 Å². The van der Waals surface area contributed by atoms with Crippen molar-refractivity contribution >= 4 is 5.91 Å². The van der Waals surface area contributed by atoms with Gasteiger partial charge < -0.3 is 9.42 Å². The molecule has 1 aliphatic rings. The lowest BCUT2D eigenvalue weighted by Crippen LogP contribution is -2.50. The summed E-state index contributed by atoms with van der Waals surface area (Å²) in [5, 5.41) is 15.7. The van der Waals surface area contributed by atoms with Crippen molar-refractivity contribution in [2.45, 2.75) is 39.8 Å². The zero-order chi connectivity index (χ0) is 22.0. The van der Waals surface area contributed by atoms with Crippen LogP contribution in [0.1, 0.15) is 34.4 Å². The topological polar surface area (TPSA) is 93.2 Å². The van der Waals surface area contributed by atoms with E-state index in [1.807, 2.05) is 18.7 Å². The maximum atomic E-state index is 13.4. The van der Waals surface area contributed by atoms with Gasteiger partial charge in [0, 0.05) is 44.7 Å². The molecule has 1 aliphatic heterocycles. The van der Waals surface area contributed by atoms with Crippen molar-refractivity contribution in [1.29, 1.82) is 0 Å². The molecule has 0 N–H and O–H groups in total. The first-order valence-corrected chi connectivity index (χ1v) is 10.3. The molecule has 31 heavy (non-hydrogen) atoms. The summed E-state index contributed by atoms with van der Waals surface area (Å²) in [4.78, 5) is 17.6. The number of aryl methyl sites for hydroxylation is 3. The molecule has 0 bridgehead atoms. The molecule has 3 aromatic rings. The Kier molecular flexibility index (Phi) is 6.08. The molecule has 1 aromatic carbocycles. The fourth-order valence-electron chi connectivity index (χ4n) is 3.94. The molecule has 1 unspecified atom stereocenters. The van der Waals surface area contributed by atoms with Crippen LogP contribution < -0.4 is 0 Å². The highest BCUT2D eigenvalue weighted by atomic mass is 19.1. The summed E-state index contributed by atoms with van der Waals surface area (Å²) >= 11 is 0. The van der Waals surface area contributed by atoms with Gasteiger partial charge in [-0.1, -0.05) is 17.3 Å². The number of hydrogen-bond donors (Lipinski definition) is 0. The maximum Gasteiger partial charge on any atom is 0.248 e. The Morgan fingerprint density at radius 1 is 1.13 bits per heavy atom. The molecule has 0 saturated carbocycles. The lowest BCUT2D eigenvalue weighted by molar-refractivity contribution is -0.137. The molecule has 1 fully saturated rings. The second kappa shape index (κ2) is 8.93. The molecule has 10 heteroatoms. The Morgan fingerprint density at radius 2 is 1.84 bits per heavy atom. The van der Waals surface area contributed by atoms with Gasteiger partial charge in [-0.3, -0.25) is 9.69 Å². The standard InChI is InChI=1S/C21H26FN7O2/c1-14-19(15(2)31-24-14)13-27-8-10-28(11-9-27)21(30)20(29-16(3)23-25-26-29)12-17-4-6-18(22)7-5-17/h4-7,20H,8-13H2,1-3H3. The van der Waals surface area contributed by atoms with E-state index >= 15 is 0 Å². The normalized spacial score (nSPS) is 15.9. The minimum Gasteiger partial charge on any atom is -0.361 e. The van der Waals surface area contributed by atoms with Crippen LogP contribution >= 0.6 is 0 Å². The Balaban J connectivity index is 1.45. The summed E-state index contributed by atoms with van der Waals surface area (Å²) < 4.78 is 20.1. The Labute approximate surface area is 179 Å². The van der Waals surface area contributed by atoms with Crippen LogP contribution in [-0.4, -0.2) is 67.2 Å². The molecule has 0 spiro atoms. The van der Waals surface area contributed by atoms with Crippen LogP contribution in [0.4, 0.5) is 4.39 Å². The van der Waals surface area contributed by atoms with Gasteiger partial charge in [0.15, 0.2) is 0 Å². The number of tetrazole rings is 1. The smallest absolute Gasteiger partial charge is 0.248 e. The Bertz CT molecular complexity index is 1020. The second-order valence-corrected chi connectivity index (χ2v) is 7.92. The molecule has 1 amide bonds. The summed E-state index contributed by atoms with van der Waals surface area (Å²) in [6.45, 7) is 9.14. The third-order valence-electron chi connectivity index (χ3n) is 5.83. The van der Waals surface area contributed by atoms with Crippen LogP contribution in [0.15, 0.2) is 28.8 Å². The molecule has 0 radical (unpaired) electrons. The summed E-state index contributed by atoms with van der Waals surface area (Å²) in [5.41, 5.74) is 2.87. The van der Waals surface area contributed by atoms with Crippen molar-refractivity contribution in [2.75, 3.05) is 26.2 Å². The highest BCUT2D eigenvalue weighted by Gasteiger charge is 2.31. The third kappa shape index (κ3) is 4.63. The minimum atomic E-state index is -0.574. The Morgan fingerprint density at radius 3 is 2.42 bits per heavy atom. The number of carbonyl (C=O) groups is 1. The van der Waals surface area contributed by atoms with Crippen LogP contribution in [0.5, 0.6) is 0 Å². The average molecular weight is 427 g/mol. The number of halogens is 1. The molecular formula is C21H26FN7O2. The van der Waals surface area contributed by atoms with E-state index in [1.165, 1.54) is 12.1 Å². The largest absolute Gasteiger partial charge is 0.361 e. The predicted molar refractivity (Wildman–Crippen MR) is 110 cm³/mol. The van der Waals surface area contributed by atoms with Gasteiger partial charge >= 0.3 is 0 Å². The molecule has 2 aromatic heterocycles. The molecule has 3 heterocycles. The van der Waals surface area contributed by atoms with E-state index < -0.39 is 6.04 Å². The second-order valence-electron chi connectivity index (χ2n) is 7.92. The monoisotopic (exact) mass is 427 g/mol.